The average molecular weight is 312 g/mol. The zero-order chi connectivity index (χ0) is 15.3. The first kappa shape index (κ1) is 15.7. The van der Waals surface area contributed by atoms with Gasteiger partial charge in [0.25, 0.3) is 0 Å². The van der Waals surface area contributed by atoms with Crippen molar-refractivity contribution in [1.29, 1.82) is 0 Å². The number of hydrogen-bond acceptors (Lipinski definition) is 5. The Kier molecular flexibility index (Phi) is 5.13. The summed E-state index contributed by atoms with van der Waals surface area (Å²) >= 11 is 0. The maximum Gasteiger partial charge on any atom is 0.243 e. The Labute approximate surface area is 124 Å². The second-order valence-electron chi connectivity index (χ2n) is 4.81. The van der Waals surface area contributed by atoms with Gasteiger partial charge >= 0.3 is 0 Å². The van der Waals surface area contributed by atoms with E-state index < -0.39 is 10.0 Å². The molecule has 1 saturated heterocycles. The predicted molar refractivity (Wildman–Crippen MR) is 79.4 cm³/mol. The van der Waals surface area contributed by atoms with E-state index in [1.54, 1.807) is 0 Å². The molecular weight excluding hydrogens is 292 g/mol. The van der Waals surface area contributed by atoms with E-state index in [1.165, 1.54) is 22.6 Å². The number of sulfonamides is 1. The topological polar surface area (TPSA) is 91.4 Å². The minimum absolute atomic E-state index is 0.118. The largest absolute Gasteiger partial charge is 0.370 e. The standard InChI is InChI=1S/C13H20N4O3S/c1-2-5-14-12-10-11(3-6-15-12)21(19,20)17-8-4-13(18)16-7-9-17/h3,6,10H,2,4-5,7-9H2,1H3,(H,14,15)(H,16,18). The van der Waals surface area contributed by atoms with E-state index in [1.807, 2.05) is 6.92 Å². The molecule has 116 valence electrons. The Morgan fingerprint density at radius 2 is 2.24 bits per heavy atom. The molecule has 0 aromatic carbocycles. The Balaban J connectivity index is 2.20. The van der Waals surface area contributed by atoms with Crippen molar-refractivity contribution < 1.29 is 13.2 Å². The summed E-state index contributed by atoms with van der Waals surface area (Å²) in [6.45, 7) is 3.58. The molecule has 1 aromatic heterocycles. The number of rotatable bonds is 5. The number of carbonyl (C=O) groups is 1. The molecule has 0 aliphatic carbocycles. The van der Waals surface area contributed by atoms with Crippen LogP contribution in [0.5, 0.6) is 0 Å². The van der Waals surface area contributed by atoms with Gasteiger partial charge in [0.15, 0.2) is 0 Å². The van der Waals surface area contributed by atoms with Crippen molar-refractivity contribution in [3.05, 3.63) is 18.3 Å². The molecule has 8 heteroatoms. The zero-order valence-corrected chi connectivity index (χ0v) is 12.8. The van der Waals surface area contributed by atoms with Gasteiger partial charge in [-0.3, -0.25) is 4.79 Å². The Bertz CT molecular complexity index is 603. The number of aromatic nitrogens is 1. The van der Waals surface area contributed by atoms with Crippen molar-refractivity contribution in [3.63, 3.8) is 0 Å². The smallest absolute Gasteiger partial charge is 0.243 e. The van der Waals surface area contributed by atoms with E-state index in [9.17, 15) is 13.2 Å². The highest BCUT2D eigenvalue weighted by atomic mass is 32.2. The van der Waals surface area contributed by atoms with Crippen LogP contribution in [0.3, 0.4) is 0 Å². The summed E-state index contributed by atoms with van der Waals surface area (Å²) in [7, 11) is -3.60. The fraction of sp³-hybridized carbons (Fsp3) is 0.538. The average Bonchev–Trinajstić information content (AvgIpc) is 2.70. The van der Waals surface area contributed by atoms with Crippen LogP contribution in [-0.4, -0.2) is 49.8 Å². The third-order valence-electron chi connectivity index (χ3n) is 3.20. The summed E-state index contributed by atoms with van der Waals surface area (Å²) in [6, 6.07) is 3.01. The van der Waals surface area contributed by atoms with Gasteiger partial charge in [-0.2, -0.15) is 4.31 Å². The van der Waals surface area contributed by atoms with E-state index in [2.05, 4.69) is 15.6 Å². The number of hydrogen-bond donors (Lipinski definition) is 2. The van der Waals surface area contributed by atoms with Crippen LogP contribution in [0.4, 0.5) is 5.82 Å². The number of nitrogens with zero attached hydrogens (tertiary/aromatic N) is 2. The Morgan fingerprint density at radius 1 is 1.43 bits per heavy atom. The van der Waals surface area contributed by atoms with Gasteiger partial charge in [0.2, 0.25) is 15.9 Å². The summed E-state index contributed by atoms with van der Waals surface area (Å²) in [5.74, 6) is 0.426. The quantitative estimate of drug-likeness (QED) is 0.822. The van der Waals surface area contributed by atoms with Crippen molar-refractivity contribution in [1.82, 2.24) is 14.6 Å². The molecule has 1 aliphatic rings. The van der Waals surface area contributed by atoms with Crippen LogP contribution in [0.1, 0.15) is 19.8 Å². The second kappa shape index (κ2) is 6.86. The lowest BCUT2D eigenvalue weighted by Crippen LogP contribution is -2.34. The summed E-state index contributed by atoms with van der Waals surface area (Å²) < 4.78 is 26.5. The van der Waals surface area contributed by atoms with Crippen LogP contribution < -0.4 is 10.6 Å². The van der Waals surface area contributed by atoms with Crippen LogP contribution in [0.25, 0.3) is 0 Å². The lowest BCUT2D eigenvalue weighted by atomic mass is 10.4. The molecule has 0 spiro atoms. The van der Waals surface area contributed by atoms with Crippen molar-refractivity contribution in [2.24, 2.45) is 0 Å². The SMILES string of the molecule is CCCNc1cc(S(=O)(=O)N2CCNC(=O)CC2)ccn1. The molecule has 2 rings (SSSR count). The first-order valence-electron chi connectivity index (χ1n) is 7.01. The molecule has 0 bridgehead atoms. The van der Waals surface area contributed by atoms with Crippen molar-refractivity contribution in [2.45, 2.75) is 24.7 Å². The lowest BCUT2D eigenvalue weighted by Gasteiger charge is -2.19. The number of nitrogens with one attached hydrogen (secondary N) is 2. The summed E-state index contributed by atoms with van der Waals surface area (Å²) in [4.78, 5) is 15.6. The van der Waals surface area contributed by atoms with Gasteiger partial charge in [-0.05, 0) is 12.5 Å². The van der Waals surface area contributed by atoms with Gasteiger partial charge in [0.05, 0.1) is 4.90 Å². The molecule has 0 saturated carbocycles. The first-order chi connectivity index (χ1) is 10.0. The lowest BCUT2D eigenvalue weighted by molar-refractivity contribution is -0.120. The third kappa shape index (κ3) is 3.92. The maximum absolute atomic E-state index is 12.6. The molecule has 1 amide bonds. The minimum atomic E-state index is -3.60. The van der Waals surface area contributed by atoms with E-state index in [0.717, 1.165) is 13.0 Å². The van der Waals surface area contributed by atoms with Crippen molar-refractivity contribution in [3.8, 4) is 0 Å². The van der Waals surface area contributed by atoms with Crippen LogP contribution in [0.15, 0.2) is 23.2 Å². The highest BCUT2D eigenvalue weighted by molar-refractivity contribution is 7.89. The van der Waals surface area contributed by atoms with E-state index >= 15 is 0 Å². The fourth-order valence-electron chi connectivity index (χ4n) is 2.06. The summed E-state index contributed by atoms with van der Waals surface area (Å²) in [5.41, 5.74) is 0. The molecule has 1 fully saturated rings. The van der Waals surface area contributed by atoms with Gasteiger partial charge in [-0.1, -0.05) is 6.92 Å². The predicted octanol–water partition coefficient (Wildman–Crippen LogP) is 0.414. The van der Waals surface area contributed by atoms with E-state index in [4.69, 9.17) is 0 Å². The molecule has 0 radical (unpaired) electrons. The van der Waals surface area contributed by atoms with Crippen LogP contribution in [-0.2, 0) is 14.8 Å². The maximum atomic E-state index is 12.6. The molecule has 0 atom stereocenters. The molecule has 2 N–H and O–H groups in total. The van der Waals surface area contributed by atoms with Crippen LogP contribution in [0.2, 0.25) is 0 Å². The minimum Gasteiger partial charge on any atom is -0.370 e. The highest BCUT2D eigenvalue weighted by Gasteiger charge is 2.27. The number of amides is 1. The van der Waals surface area contributed by atoms with Gasteiger partial charge in [-0.25, -0.2) is 13.4 Å². The van der Waals surface area contributed by atoms with Gasteiger partial charge in [0, 0.05) is 44.9 Å². The summed E-state index contributed by atoms with van der Waals surface area (Å²) in [6.07, 6.45) is 2.59. The van der Waals surface area contributed by atoms with Gasteiger partial charge < -0.3 is 10.6 Å². The van der Waals surface area contributed by atoms with Crippen LogP contribution >= 0.6 is 0 Å². The highest BCUT2D eigenvalue weighted by Crippen LogP contribution is 2.18. The fourth-order valence-corrected chi connectivity index (χ4v) is 3.51. The van der Waals surface area contributed by atoms with Crippen LogP contribution in [0, 0.1) is 0 Å². The third-order valence-corrected chi connectivity index (χ3v) is 5.09. The first-order valence-corrected chi connectivity index (χ1v) is 8.45. The molecular formula is C13H20N4O3S. The molecule has 21 heavy (non-hydrogen) atoms. The van der Waals surface area contributed by atoms with Crippen molar-refractivity contribution in [2.75, 3.05) is 31.5 Å². The normalized spacial score (nSPS) is 17.1. The van der Waals surface area contributed by atoms with E-state index in [0.29, 0.717) is 12.4 Å². The molecule has 7 nitrogen and oxygen atoms in total. The van der Waals surface area contributed by atoms with E-state index in [-0.39, 0.29) is 30.3 Å². The number of pyridine rings is 1. The Hall–Kier alpha value is -1.67. The molecule has 1 aliphatic heterocycles. The molecule has 0 unspecified atom stereocenters. The number of carbonyl (C=O) groups excluding carboxylic acids is 1. The van der Waals surface area contributed by atoms with Gasteiger partial charge in [-0.15, -0.1) is 0 Å². The summed E-state index contributed by atoms with van der Waals surface area (Å²) in [5, 5.41) is 5.74. The monoisotopic (exact) mass is 312 g/mol. The Morgan fingerprint density at radius 3 is 3.00 bits per heavy atom. The second-order valence-corrected chi connectivity index (χ2v) is 6.75. The number of anilines is 1. The molecule has 1 aromatic rings. The van der Waals surface area contributed by atoms with Gasteiger partial charge in [0.1, 0.15) is 5.82 Å². The zero-order valence-electron chi connectivity index (χ0n) is 12.0. The molecule has 2 heterocycles. The van der Waals surface area contributed by atoms with Crippen molar-refractivity contribution >= 4 is 21.7 Å².